The molecular weight excluding hydrogens is 345 g/mol. The van der Waals surface area contributed by atoms with E-state index in [4.69, 9.17) is 0 Å². The largest absolute Gasteiger partial charge is 0.416 e. The molecule has 2 aromatic carbocycles. The molecule has 3 rings (SSSR count). The number of carbonyl (C=O) groups is 2. The monoisotopic (exact) mass is 358 g/mol. The second-order valence-corrected chi connectivity index (χ2v) is 5.63. The molecule has 0 saturated carbocycles. The standard InChI is InChI=1S/C19H13F3N2O2/c1-12(25)17-16(18(26)13-5-3-2-4-6-13)11-24(23-17)15-9-7-14(8-10-15)19(20,21)22/h2-11H,1H3. The maximum absolute atomic E-state index is 12.7. The summed E-state index contributed by atoms with van der Waals surface area (Å²) in [5.41, 5.74) is -0.0160. The number of aromatic nitrogens is 2. The molecule has 4 nitrogen and oxygen atoms in total. The Morgan fingerprint density at radius 2 is 1.58 bits per heavy atom. The molecule has 0 radical (unpaired) electrons. The number of benzene rings is 2. The number of hydrogen-bond donors (Lipinski definition) is 0. The van der Waals surface area contributed by atoms with E-state index in [-0.39, 0.29) is 17.0 Å². The first-order valence-electron chi connectivity index (χ1n) is 7.65. The smallest absolute Gasteiger partial charge is 0.293 e. The zero-order valence-corrected chi connectivity index (χ0v) is 13.6. The Hall–Kier alpha value is -3.22. The third-order valence-corrected chi connectivity index (χ3v) is 3.79. The van der Waals surface area contributed by atoms with Crippen molar-refractivity contribution in [2.75, 3.05) is 0 Å². The van der Waals surface area contributed by atoms with Crippen LogP contribution in [0.15, 0.2) is 60.8 Å². The van der Waals surface area contributed by atoms with Crippen molar-refractivity contribution in [1.82, 2.24) is 9.78 Å². The van der Waals surface area contributed by atoms with Gasteiger partial charge in [0.1, 0.15) is 5.69 Å². The van der Waals surface area contributed by atoms with Gasteiger partial charge in [0.25, 0.3) is 0 Å². The number of hydrogen-bond acceptors (Lipinski definition) is 3. The third kappa shape index (κ3) is 3.42. The first-order chi connectivity index (χ1) is 12.3. The van der Waals surface area contributed by atoms with Crippen LogP contribution in [0, 0.1) is 0 Å². The first-order valence-corrected chi connectivity index (χ1v) is 7.65. The second kappa shape index (κ2) is 6.59. The van der Waals surface area contributed by atoms with Crippen molar-refractivity contribution in [3.8, 4) is 5.69 Å². The molecule has 0 spiro atoms. The summed E-state index contributed by atoms with van der Waals surface area (Å²) in [5.74, 6) is -0.788. The van der Waals surface area contributed by atoms with E-state index in [0.717, 1.165) is 12.1 Å². The fourth-order valence-electron chi connectivity index (χ4n) is 2.48. The number of ketones is 2. The summed E-state index contributed by atoms with van der Waals surface area (Å²) in [6, 6.07) is 12.7. The van der Waals surface area contributed by atoms with Gasteiger partial charge in [0.15, 0.2) is 11.6 Å². The zero-order valence-electron chi connectivity index (χ0n) is 13.6. The van der Waals surface area contributed by atoms with E-state index in [1.165, 1.54) is 29.9 Å². The van der Waals surface area contributed by atoms with Gasteiger partial charge in [-0.3, -0.25) is 9.59 Å². The molecule has 0 aliphatic rings. The summed E-state index contributed by atoms with van der Waals surface area (Å²) in [6.07, 6.45) is -3.09. The summed E-state index contributed by atoms with van der Waals surface area (Å²) in [7, 11) is 0. The maximum Gasteiger partial charge on any atom is 0.416 e. The highest BCUT2D eigenvalue weighted by atomic mass is 19.4. The topological polar surface area (TPSA) is 52.0 Å². The molecule has 0 bridgehead atoms. The van der Waals surface area contributed by atoms with E-state index >= 15 is 0 Å². The summed E-state index contributed by atoms with van der Waals surface area (Å²) in [6.45, 7) is 1.28. The van der Waals surface area contributed by atoms with Crippen LogP contribution in [-0.2, 0) is 6.18 Å². The molecular formula is C19H13F3N2O2. The van der Waals surface area contributed by atoms with E-state index < -0.39 is 17.5 Å². The number of halogens is 3. The van der Waals surface area contributed by atoms with Crippen molar-refractivity contribution < 1.29 is 22.8 Å². The van der Waals surface area contributed by atoms with E-state index in [1.54, 1.807) is 30.3 Å². The molecule has 1 aromatic heterocycles. The van der Waals surface area contributed by atoms with Gasteiger partial charge in [0.2, 0.25) is 0 Å². The average Bonchev–Trinajstić information content (AvgIpc) is 3.07. The Morgan fingerprint density at radius 3 is 2.12 bits per heavy atom. The predicted octanol–water partition coefficient (Wildman–Crippen LogP) is 4.32. The van der Waals surface area contributed by atoms with Crippen LogP contribution in [-0.4, -0.2) is 21.3 Å². The fraction of sp³-hybridized carbons (Fsp3) is 0.105. The second-order valence-electron chi connectivity index (χ2n) is 5.63. The molecule has 3 aromatic rings. The molecule has 7 heteroatoms. The Morgan fingerprint density at radius 1 is 0.962 bits per heavy atom. The molecule has 132 valence electrons. The van der Waals surface area contributed by atoms with Gasteiger partial charge in [0, 0.05) is 18.7 Å². The molecule has 0 aliphatic heterocycles. The predicted molar refractivity (Wildman–Crippen MR) is 88.4 cm³/mol. The van der Waals surface area contributed by atoms with E-state index in [1.807, 2.05) is 0 Å². The highest BCUT2D eigenvalue weighted by Gasteiger charge is 2.30. The number of alkyl halides is 3. The minimum atomic E-state index is -4.44. The van der Waals surface area contributed by atoms with Crippen molar-refractivity contribution in [2.45, 2.75) is 13.1 Å². The summed E-state index contributed by atoms with van der Waals surface area (Å²) >= 11 is 0. The Labute approximate surface area is 146 Å². The lowest BCUT2D eigenvalue weighted by Gasteiger charge is -2.07. The molecule has 0 amide bonds. The van der Waals surface area contributed by atoms with E-state index in [9.17, 15) is 22.8 Å². The Bertz CT molecular complexity index is 959. The number of Topliss-reactive ketones (excluding diaryl/α,β-unsaturated/α-hetero) is 1. The van der Waals surface area contributed by atoms with Crippen LogP contribution in [0.25, 0.3) is 5.69 Å². The zero-order chi connectivity index (χ0) is 18.9. The van der Waals surface area contributed by atoms with Crippen LogP contribution in [0.2, 0.25) is 0 Å². The van der Waals surface area contributed by atoms with Crippen LogP contribution in [0.4, 0.5) is 13.2 Å². The molecule has 0 fully saturated rings. The molecule has 26 heavy (non-hydrogen) atoms. The highest BCUT2D eigenvalue weighted by Crippen LogP contribution is 2.29. The summed E-state index contributed by atoms with van der Waals surface area (Å²) < 4.78 is 39.3. The molecule has 0 N–H and O–H groups in total. The Balaban J connectivity index is 2.03. The lowest BCUT2D eigenvalue weighted by atomic mass is 10.0. The molecule has 0 saturated heterocycles. The van der Waals surface area contributed by atoms with Gasteiger partial charge in [-0.25, -0.2) is 4.68 Å². The number of rotatable bonds is 4. The molecule has 0 unspecified atom stereocenters. The van der Waals surface area contributed by atoms with Gasteiger partial charge in [-0.15, -0.1) is 0 Å². The van der Waals surface area contributed by atoms with E-state index in [2.05, 4.69) is 5.10 Å². The van der Waals surface area contributed by atoms with Gasteiger partial charge in [0.05, 0.1) is 16.8 Å². The van der Waals surface area contributed by atoms with Gasteiger partial charge in [-0.05, 0) is 24.3 Å². The Kier molecular flexibility index (Phi) is 4.46. The average molecular weight is 358 g/mol. The van der Waals surface area contributed by atoms with Crippen molar-refractivity contribution in [1.29, 1.82) is 0 Å². The molecule has 0 atom stereocenters. The minimum Gasteiger partial charge on any atom is -0.293 e. The van der Waals surface area contributed by atoms with Crippen LogP contribution in [0.3, 0.4) is 0 Å². The van der Waals surface area contributed by atoms with Crippen molar-refractivity contribution >= 4 is 11.6 Å². The van der Waals surface area contributed by atoms with Gasteiger partial charge < -0.3 is 0 Å². The van der Waals surface area contributed by atoms with Crippen LogP contribution in [0.5, 0.6) is 0 Å². The van der Waals surface area contributed by atoms with E-state index in [0.29, 0.717) is 11.3 Å². The summed E-state index contributed by atoms with van der Waals surface area (Å²) in [4.78, 5) is 24.5. The van der Waals surface area contributed by atoms with Crippen molar-refractivity contribution in [2.24, 2.45) is 0 Å². The van der Waals surface area contributed by atoms with Gasteiger partial charge in [-0.1, -0.05) is 30.3 Å². The van der Waals surface area contributed by atoms with Crippen molar-refractivity contribution in [3.05, 3.63) is 83.2 Å². The lowest BCUT2D eigenvalue weighted by molar-refractivity contribution is -0.137. The van der Waals surface area contributed by atoms with Crippen molar-refractivity contribution in [3.63, 3.8) is 0 Å². The van der Waals surface area contributed by atoms with Gasteiger partial charge >= 0.3 is 6.18 Å². The normalized spacial score (nSPS) is 11.4. The fourth-order valence-corrected chi connectivity index (χ4v) is 2.48. The SMILES string of the molecule is CC(=O)c1nn(-c2ccc(C(F)(F)F)cc2)cc1C(=O)c1ccccc1. The van der Waals surface area contributed by atoms with Gasteiger partial charge in [-0.2, -0.15) is 18.3 Å². The molecule has 1 heterocycles. The minimum absolute atomic E-state index is 0.0289. The van der Waals surface area contributed by atoms with Crippen LogP contribution >= 0.6 is 0 Å². The summed E-state index contributed by atoms with van der Waals surface area (Å²) in [5, 5.41) is 4.08. The lowest BCUT2D eigenvalue weighted by Crippen LogP contribution is -2.06. The maximum atomic E-state index is 12.7. The quantitative estimate of drug-likeness (QED) is 0.653. The first kappa shape index (κ1) is 17.6. The number of carbonyl (C=O) groups excluding carboxylic acids is 2. The van der Waals surface area contributed by atoms with Crippen LogP contribution in [0.1, 0.15) is 38.9 Å². The van der Waals surface area contributed by atoms with Crippen LogP contribution < -0.4 is 0 Å². The molecule has 0 aliphatic carbocycles. The number of nitrogens with zero attached hydrogens (tertiary/aromatic N) is 2. The third-order valence-electron chi connectivity index (χ3n) is 3.79. The highest BCUT2D eigenvalue weighted by molar-refractivity contribution is 6.14.